The third-order valence-corrected chi connectivity index (χ3v) is 5.19. The lowest BCUT2D eigenvalue weighted by atomic mass is 9.95. The number of pyridine rings is 1. The molecule has 2 nitrogen and oxygen atoms in total. The van der Waals surface area contributed by atoms with Crippen LogP contribution in [0.2, 0.25) is 5.02 Å². The maximum atomic E-state index is 13.5. The number of ether oxygens (including phenoxy) is 1. The number of aromatic nitrogens is 1. The van der Waals surface area contributed by atoms with Gasteiger partial charge in [0.05, 0.1) is 24.3 Å². The van der Waals surface area contributed by atoms with Crippen molar-refractivity contribution in [2.75, 3.05) is 0 Å². The molecule has 0 N–H and O–H groups in total. The van der Waals surface area contributed by atoms with Crippen molar-refractivity contribution in [3.63, 3.8) is 0 Å². The van der Waals surface area contributed by atoms with Crippen LogP contribution >= 0.6 is 11.6 Å². The Morgan fingerprint density at radius 2 is 1.50 bits per heavy atom. The minimum absolute atomic E-state index is 0.0706. The lowest BCUT2D eigenvalue weighted by Gasteiger charge is -2.16. The molecule has 0 fully saturated rings. The first-order valence-electron chi connectivity index (χ1n) is 9.29. The summed E-state index contributed by atoms with van der Waals surface area (Å²) < 4.78 is 46.4. The van der Waals surface area contributed by atoms with Crippen molar-refractivity contribution in [1.29, 1.82) is 0 Å². The molecule has 30 heavy (non-hydrogen) atoms. The summed E-state index contributed by atoms with van der Waals surface area (Å²) in [6, 6.07) is 20.8. The lowest BCUT2D eigenvalue weighted by Crippen LogP contribution is -2.07. The molecule has 4 rings (SSSR count). The summed E-state index contributed by atoms with van der Waals surface area (Å²) in [5.41, 5.74) is 2.22. The molecule has 1 aromatic heterocycles. The number of halogens is 4. The maximum Gasteiger partial charge on any atom is 0.418 e. The van der Waals surface area contributed by atoms with Gasteiger partial charge in [-0.3, -0.25) is 4.98 Å². The lowest BCUT2D eigenvalue weighted by molar-refractivity contribution is -0.136. The minimum Gasteiger partial charge on any atom is -0.372 e. The van der Waals surface area contributed by atoms with E-state index in [2.05, 4.69) is 4.98 Å². The summed E-state index contributed by atoms with van der Waals surface area (Å²) in [6.45, 7) is 0.475. The molecule has 0 saturated heterocycles. The molecule has 152 valence electrons. The van der Waals surface area contributed by atoms with Crippen molar-refractivity contribution in [3.05, 3.63) is 101 Å². The monoisotopic (exact) mass is 427 g/mol. The van der Waals surface area contributed by atoms with Crippen LogP contribution in [0.4, 0.5) is 13.2 Å². The molecule has 0 saturated carbocycles. The highest BCUT2D eigenvalue weighted by atomic mass is 35.5. The van der Waals surface area contributed by atoms with E-state index in [1.165, 1.54) is 12.3 Å². The van der Waals surface area contributed by atoms with Crippen molar-refractivity contribution in [3.8, 4) is 11.1 Å². The van der Waals surface area contributed by atoms with E-state index in [1.54, 1.807) is 12.1 Å². The van der Waals surface area contributed by atoms with Gasteiger partial charge in [-0.15, -0.1) is 0 Å². The number of alkyl halides is 3. The smallest absolute Gasteiger partial charge is 0.372 e. The van der Waals surface area contributed by atoms with Gasteiger partial charge in [-0.2, -0.15) is 13.2 Å². The normalized spacial score (nSPS) is 11.7. The van der Waals surface area contributed by atoms with Gasteiger partial charge >= 0.3 is 6.18 Å². The molecule has 4 aromatic rings. The van der Waals surface area contributed by atoms with Gasteiger partial charge in [0, 0.05) is 22.2 Å². The Morgan fingerprint density at radius 3 is 2.23 bits per heavy atom. The van der Waals surface area contributed by atoms with Crippen LogP contribution in [-0.2, 0) is 24.1 Å². The summed E-state index contributed by atoms with van der Waals surface area (Å²) in [5.74, 6) is 0. The summed E-state index contributed by atoms with van der Waals surface area (Å²) in [7, 11) is 0. The predicted octanol–water partition coefficient (Wildman–Crippen LogP) is 7.29. The van der Waals surface area contributed by atoms with E-state index in [9.17, 15) is 13.2 Å². The fourth-order valence-corrected chi connectivity index (χ4v) is 3.62. The highest BCUT2D eigenvalue weighted by Gasteiger charge is 2.33. The van der Waals surface area contributed by atoms with Crippen LogP contribution in [-0.4, -0.2) is 4.98 Å². The zero-order valence-electron chi connectivity index (χ0n) is 15.8. The van der Waals surface area contributed by atoms with Gasteiger partial charge < -0.3 is 4.74 Å². The highest BCUT2D eigenvalue weighted by molar-refractivity contribution is 6.31. The number of benzene rings is 3. The minimum atomic E-state index is -4.48. The number of rotatable bonds is 5. The first-order valence-corrected chi connectivity index (χ1v) is 9.67. The van der Waals surface area contributed by atoms with Gasteiger partial charge in [0.2, 0.25) is 0 Å². The third-order valence-electron chi connectivity index (χ3n) is 4.82. The molecular formula is C24H17ClF3NO. The Morgan fingerprint density at radius 1 is 0.800 bits per heavy atom. The number of hydrogen-bond donors (Lipinski definition) is 0. The molecule has 1 heterocycles. The van der Waals surface area contributed by atoms with Gasteiger partial charge in [-0.05, 0) is 28.8 Å². The number of para-hydroxylation sites is 1. The average molecular weight is 428 g/mol. The first-order chi connectivity index (χ1) is 14.4. The summed E-state index contributed by atoms with van der Waals surface area (Å²) in [6.07, 6.45) is -3.02. The number of nitrogens with zero attached hydrogens (tertiary/aromatic N) is 1. The topological polar surface area (TPSA) is 22.1 Å². The van der Waals surface area contributed by atoms with Gasteiger partial charge in [0.15, 0.2) is 0 Å². The fourth-order valence-electron chi connectivity index (χ4n) is 3.43. The Balaban J connectivity index is 1.77. The fraction of sp³-hybridized carbons (Fsp3) is 0.125. The zero-order chi connectivity index (χ0) is 21.1. The van der Waals surface area contributed by atoms with Crippen molar-refractivity contribution in [2.45, 2.75) is 19.4 Å². The van der Waals surface area contributed by atoms with Crippen LogP contribution < -0.4 is 0 Å². The number of fused-ring (bicyclic) bond motifs is 1. The molecule has 0 amide bonds. The largest absolute Gasteiger partial charge is 0.418 e. The van der Waals surface area contributed by atoms with Gasteiger partial charge in [0.1, 0.15) is 0 Å². The Kier molecular flexibility index (Phi) is 5.75. The predicted molar refractivity (Wildman–Crippen MR) is 112 cm³/mol. The van der Waals surface area contributed by atoms with Gasteiger partial charge in [0.25, 0.3) is 0 Å². The Bertz CT molecular complexity index is 1180. The second kappa shape index (κ2) is 8.46. The Hall–Kier alpha value is -2.89. The molecule has 0 spiro atoms. The first kappa shape index (κ1) is 20.4. The van der Waals surface area contributed by atoms with Crippen LogP contribution in [0, 0.1) is 0 Å². The van der Waals surface area contributed by atoms with E-state index in [0.717, 1.165) is 17.2 Å². The summed E-state index contributed by atoms with van der Waals surface area (Å²) >= 11 is 6.17. The van der Waals surface area contributed by atoms with Crippen LogP contribution in [0.1, 0.15) is 16.7 Å². The SMILES string of the molecule is FC(F)(F)c1cccc2c(-c3ccccc3)c(COCc3ccccc3Cl)cnc12. The highest BCUT2D eigenvalue weighted by Crippen LogP contribution is 2.38. The molecular weight excluding hydrogens is 411 g/mol. The van der Waals surface area contributed by atoms with E-state index < -0.39 is 11.7 Å². The van der Waals surface area contributed by atoms with Crippen LogP contribution in [0.25, 0.3) is 22.0 Å². The molecule has 6 heteroatoms. The van der Waals surface area contributed by atoms with Crippen molar-refractivity contribution >= 4 is 22.5 Å². The van der Waals surface area contributed by atoms with E-state index in [-0.39, 0.29) is 18.7 Å². The number of hydrogen-bond acceptors (Lipinski definition) is 2. The molecule has 3 aromatic carbocycles. The van der Waals surface area contributed by atoms with Gasteiger partial charge in [-0.25, -0.2) is 0 Å². The maximum absolute atomic E-state index is 13.5. The third kappa shape index (κ3) is 4.18. The molecule has 0 aliphatic heterocycles. The van der Waals surface area contributed by atoms with Crippen LogP contribution in [0.3, 0.4) is 0 Å². The summed E-state index contributed by atoms with van der Waals surface area (Å²) in [5, 5.41) is 1.04. The van der Waals surface area contributed by atoms with E-state index >= 15 is 0 Å². The second-order valence-electron chi connectivity index (χ2n) is 6.81. The molecule has 0 aliphatic carbocycles. The average Bonchev–Trinajstić information content (AvgIpc) is 2.74. The van der Waals surface area contributed by atoms with Gasteiger partial charge in [-0.1, -0.05) is 72.3 Å². The second-order valence-corrected chi connectivity index (χ2v) is 7.22. The molecule has 0 bridgehead atoms. The van der Waals surface area contributed by atoms with E-state index in [1.807, 2.05) is 48.5 Å². The standard InChI is InChI=1S/C24H17ClF3NO/c25-21-12-5-4-9-17(21)14-30-15-18-13-29-23-19(10-6-11-20(23)24(26,27)28)22(18)16-7-2-1-3-8-16/h1-13H,14-15H2. The molecule has 0 aliphatic rings. The van der Waals surface area contributed by atoms with Crippen molar-refractivity contribution in [1.82, 2.24) is 4.98 Å². The van der Waals surface area contributed by atoms with Crippen molar-refractivity contribution in [2.24, 2.45) is 0 Å². The summed E-state index contributed by atoms with van der Waals surface area (Å²) in [4.78, 5) is 4.15. The zero-order valence-corrected chi connectivity index (χ0v) is 16.5. The quantitative estimate of drug-likeness (QED) is 0.333. The van der Waals surface area contributed by atoms with Crippen LogP contribution in [0.5, 0.6) is 0 Å². The van der Waals surface area contributed by atoms with E-state index in [0.29, 0.717) is 21.5 Å². The molecule has 0 unspecified atom stereocenters. The molecule has 0 radical (unpaired) electrons. The molecule has 0 atom stereocenters. The Labute approximate surface area is 176 Å². The van der Waals surface area contributed by atoms with E-state index in [4.69, 9.17) is 16.3 Å². The van der Waals surface area contributed by atoms with Crippen LogP contribution in [0.15, 0.2) is 79.0 Å². The van der Waals surface area contributed by atoms with Crippen molar-refractivity contribution < 1.29 is 17.9 Å².